The Kier molecular flexibility index (Phi) is 6.26. The summed E-state index contributed by atoms with van der Waals surface area (Å²) in [5, 5.41) is 17.8. The van der Waals surface area contributed by atoms with Gasteiger partial charge in [0.15, 0.2) is 0 Å². The van der Waals surface area contributed by atoms with Crippen molar-refractivity contribution in [2.24, 2.45) is 0 Å². The van der Waals surface area contributed by atoms with E-state index >= 15 is 0 Å². The van der Waals surface area contributed by atoms with E-state index in [1.54, 1.807) is 6.07 Å². The van der Waals surface area contributed by atoms with Crippen LogP contribution in [0.1, 0.15) is 0 Å². The lowest BCUT2D eigenvalue weighted by Crippen LogP contribution is -2.33. The number of halogens is 1. The lowest BCUT2D eigenvalue weighted by molar-refractivity contribution is 0.0988. The lowest BCUT2D eigenvalue weighted by Gasteiger charge is -2.12. The number of methoxy groups -OCH3 is 1. The van der Waals surface area contributed by atoms with Crippen LogP contribution in [0.4, 0.5) is 5.69 Å². The Labute approximate surface area is 125 Å². The molecule has 0 saturated carbocycles. The van der Waals surface area contributed by atoms with Gasteiger partial charge in [0.2, 0.25) is 10.0 Å². The zero-order valence-corrected chi connectivity index (χ0v) is 13.1. The second-order valence-electron chi connectivity index (χ2n) is 3.64. The van der Waals surface area contributed by atoms with Crippen LogP contribution in [0.2, 0.25) is 0 Å². The number of anilines is 1. The molecule has 0 aromatic heterocycles. The van der Waals surface area contributed by atoms with Gasteiger partial charge in [0.1, 0.15) is 5.75 Å². The molecule has 0 bridgehead atoms. The first kappa shape index (κ1) is 16.4. The Bertz CT molecular complexity index is 523. The van der Waals surface area contributed by atoms with Crippen LogP contribution in [-0.4, -0.2) is 45.0 Å². The molecule has 9 heteroatoms. The predicted octanol–water partition coefficient (Wildman–Crippen LogP) is 0.0886. The molecule has 0 radical (unpaired) electrons. The monoisotopic (exact) mass is 402 g/mol. The van der Waals surface area contributed by atoms with Crippen molar-refractivity contribution in [1.82, 2.24) is 4.72 Å². The third-order valence-electron chi connectivity index (χ3n) is 2.30. The Hall–Kier alpha value is -0.620. The Balaban J connectivity index is 2.95. The first-order valence-corrected chi connectivity index (χ1v) is 7.84. The highest BCUT2D eigenvalue weighted by Gasteiger charge is 2.17. The van der Waals surface area contributed by atoms with Gasteiger partial charge in [0.05, 0.1) is 53.3 Å². The molecule has 1 aromatic rings. The summed E-state index contributed by atoms with van der Waals surface area (Å²) in [4.78, 5) is 0.0184. The third kappa shape index (κ3) is 4.45. The topological polar surface area (TPSA) is 108 Å². The molecule has 1 aromatic carbocycles. The molecule has 108 valence electrons. The number of aliphatic hydroxyl groups is 2. The second-order valence-corrected chi connectivity index (χ2v) is 5.95. The number of hydrogen-bond donors (Lipinski definition) is 4. The third-order valence-corrected chi connectivity index (χ3v) is 4.31. The smallest absolute Gasteiger partial charge is 0.240 e. The van der Waals surface area contributed by atoms with Crippen LogP contribution in [0.3, 0.4) is 0 Å². The van der Waals surface area contributed by atoms with Crippen molar-refractivity contribution in [2.75, 3.05) is 23.8 Å². The molecule has 1 unspecified atom stereocenters. The molecule has 0 amide bonds. The second kappa shape index (κ2) is 7.24. The van der Waals surface area contributed by atoms with E-state index in [0.717, 1.165) is 0 Å². The minimum absolute atomic E-state index is 0.0184. The first-order valence-electron chi connectivity index (χ1n) is 5.28. The zero-order chi connectivity index (χ0) is 14.5. The number of sulfonamides is 1. The van der Waals surface area contributed by atoms with E-state index < -0.39 is 22.7 Å². The van der Waals surface area contributed by atoms with Gasteiger partial charge in [-0.3, -0.25) is 0 Å². The largest absolute Gasteiger partial charge is 0.495 e. The fourth-order valence-electron chi connectivity index (χ4n) is 1.27. The molecule has 0 spiro atoms. The number of hydrogen-bond acceptors (Lipinski definition) is 6. The molecule has 0 aliphatic carbocycles. The molecule has 0 heterocycles. The fraction of sp³-hybridized carbons (Fsp3) is 0.400. The van der Waals surface area contributed by atoms with Gasteiger partial charge >= 0.3 is 0 Å². The predicted molar refractivity (Wildman–Crippen MR) is 78.9 cm³/mol. The Morgan fingerprint density at radius 2 is 2.16 bits per heavy atom. The number of aliphatic hydroxyl groups excluding tert-OH is 2. The highest BCUT2D eigenvalue weighted by atomic mass is 127. The van der Waals surface area contributed by atoms with E-state index in [9.17, 15) is 8.42 Å². The fourth-order valence-corrected chi connectivity index (χ4v) is 2.80. The van der Waals surface area contributed by atoms with Crippen LogP contribution in [0, 0.1) is 0 Å². The minimum Gasteiger partial charge on any atom is -0.495 e. The van der Waals surface area contributed by atoms with Gasteiger partial charge in [-0.15, -0.1) is 0 Å². The number of benzene rings is 1. The molecule has 4 N–H and O–H groups in total. The van der Waals surface area contributed by atoms with E-state index in [2.05, 4.69) is 8.25 Å². The van der Waals surface area contributed by atoms with Crippen LogP contribution in [0.15, 0.2) is 23.1 Å². The van der Waals surface area contributed by atoms with Crippen molar-refractivity contribution < 1.29 is 23.4 Å². The summed E-state index contributed by atoms with van der Waals surface area (Å²) >= 11 is 1.91. The average Bonchev–Trinajstić information content (AvgIpc) is 2.43. The van der Waals surface area contributed by atoms with Gasteiger partial charge in [-0.1, -0.05) is 0 Å². The maximum atomic E-state index is 11.9. The molecule has 0 saturated heterocycles. The average molecular weight is 402 g/mol. The molecule has 7 nitrogen and oxygen atoms in total. The number of rotatable bonds is 7. The molecule has 1 atom stereocenters. The van der Waals surface area contributed by atoms with Gasteiger partial charge in [-0.25, -0.2) is 13.1 Å². The van der Waals surface area contributed by atoms with Crippen molar-refractivity contribution in [3.05, 3.63) is 18.2 Å². The van der Waals surface area contributed by atoms with Gasteiger partial charge in [0.25, 0.3) is 0 Å². The normalized spacial score (nSPS) is 13.1. The maximum absolute atomic E-state index is 11.9. The minimum atomic E-state index is -3.75. The summed E-state index contributed by atoms with van der Waals surface area (Å²) in [6, 6.07) is 4.36. The number of nitrogens with one attached hydrogen (secondary N) is 2. The van der Waals surface area contributed by atoms with Gasteiger partial charge < -0.3 is 18.5 Å². The van der Waals surface area contributed by atoms with E-state index in [4.69, 9.17) is 14.9 Å². The molecule has 0 aliphatic rings. The van der Waals surface area contributed by atoms with Crippen molar-refractivity contribution in [3.8, 4) is 5.75 Å². The van der Waals surface area contributed by atoms with Crippen LogP contribution < -0.4 is 13.0 Å². The lowest BCUT2D eigenvalue weighted by atomic mass is 10.3. The SMILES string of the molecule is COc1cc(S(=O)(=O)NCC(O)CO)ccc1NI. The van der Waals surface area contributed by atoms with Crippen molar-refractivity contribution in [1.29, 1.82) is 0 Å². The van der Waals surface area contributed by atoms with Crippen LogP contribution >= 0.6 is 22.9 Å². The summed E-state index contributed by atoms with van der Waals surface area (Å²) < 4.78 is 34.0. The summed E-state index contributed by atoms with van der Waals surface area (Å²) in [5.74, 6) is 0.389. The van der Waals surface area contributed by atoms with Gasteiger partial charge in [0, 0.05) is 12.6 Å². The molecule has 0 aliphatic heterocycles. The standard InChI is InChI=1S/C10H15IN2O5S/c1-18-10-4-8(2-3-9(10)13-11)19(16,17)12-5-7(15)6-14/h2-4,7,12-15H,5-6H2,1H3. The highest BCUT2D eigenvalue weighted by Crippen LogP contribution is 2.28. The van der Waals surface area contributed by atoms with E-state index in [-0.39, 0.29) is 11.4 Å². The molecule has 19 heavy (non-hydrogen) atoms. The Morgan fingerprint density at radius 3 is 2.68 bits per heavy atom. The summed E-state index contributed by atoms with van der Waals surface area (Å²) in [6.07, 6.45) is -1.13. The van der Waals surface area contributed by atoms with Crippen molar-refractivity contribution in [2.45, 2.75) is 11.0 Å². The molecule has 1 rings (SSSR count). The number of ether oxygens (including phenoxy) is 1. The molecular weight excluding hydrogens is 387 g/mol. The van der Waals surface area contributed by atoms with Crippen LogP contribution in [-0.2, 0) is 10.0 Å². The quantitative estimate of drug-likeness (QED) is 0.381. The first-order chi connectivity index (χ1) is 8.94. The van der Waals surface area contributed by atoms with Crippen molar-refractivity contribution in [3.63, 3.8) is 0 Å². The zero-order valence-electron chi connectivity index (χ0n) is 10.1. The highest BCUT2D eigenvalue weighted by molar-refractivity contribution is 14.1. The van der Waals surface area contributed by atoms with Crippen molar-refractivity contribution >= 4 is 38.6 Å². The van der Waals surface area contributed by atoms with E-state index in [0.29, 0.717) is 11.4 Å². The molecular formula is C10H15IN2O5S. The maximum Gasteiger partial charge on any atom is 0.240 e. The Morgan fingerprint density at radius 1 is 1.47 bits per heavy atom. The summed E-state index contributed by atoms with van der Waals surface area (Å²) in [6.45, 7) is -0.767. The van der Waals surface area contributed by atoms with E-state index in [1.165, 1.54) is 19.2 Å². The van der Waals surface area contributed by atoms with Crippen LogP contribution in [0.5, 0.6) is 5.75 Å². The van der Waals surface area contributed by atoms with E-state index in [1.807, 2.05) is 22.9 Å². The molecule has 0 fully saturated rings. The summed E-state index contributed by atoms with van der Waals surface area (Å²) in [7, 11) is -2.32. The summed E-state index contributed by atoms with van der Waals surface area (Å²) in [5.41, 5.74) is 0.650. The van der Waals surface area contributed by atoms with Gasteiger partial charge in [-0.2, -0.15) is 0 Å². The van der Waals surface area contributed by atoms with Gasteiger partial charge in [-0.05, 0) is 12.1 Å². The van der Waals surface area contributed by atoms with Crippen LogP contribution in [0.25, 0.3) is 0 Å².